The maximum Gasteiger partial charge on any atom is 0.314 e. The average molecular weight is 437 g/mol. The molecule has 2 amide bonds. The Kier molecular flexibility index (Phi) is 4.74. The van der Waals surface area contributed by atoms with Gasteiger partial charge in [-0.3, -0.25) is 9.59 Å². The maximum atomic E-state index is 13.2. The molecule has 1 aliphatic heterocycles. The molecule has 1 aromatic carbocycles. The fraction of sp³-hybridized carbons (Fsp3) is 0.300. The van der Waals surface area contributed by atoms with Crippen molar-refractivity contribution in [1.29, 1.82) is 0 Å². The molecule has 5 rings (SSSR count). The number of carbonyl (C=O) groups excluding carboxylic acids is 2. The van der Waals surface area contributed by atoms with E-state index in [1.165, 1.54) is 16.9 Å². The Hall–Kier alpha value is -3.60. The number of carbonyl (C=O) groups is 2. The number of amides is 2. The van der Waals surface area contributed by atoms with Crippen LogP contribution in [0.25, 0.3) is 15.9 Å². The van der Waals surface area contributed by atoms with Crippen LogP contribution in [0.5, 0.6) is 0 Å². The minimum atomic E-state index is -0.745. The van der Waals surface area contributed by atoms with Crippen LogP contribution in [0, 0.1) is 5.92 Å². The number of rotatable bonds is 2. The summed E-state index contributed by atoms with van der Waals surface area (Å²) in [7, 11) is 0. The number of nitrogens with one attached hydrogen (secondary N) is 1. The second-order valence-corrected chi connectivity index (χ2v) is 8.63. The zero-order valence-corrected chi connectivity index (χ0v) is 17.5. The number of hydrogen-bond acceptors (Lipinski definition) is 8. The quantitative estimate of drug-likeness (QED) is 0.461. The number of thiazole rings is 1. The summed E-state index contributed by atoms with van der Waals surface area (Å²) in [5.74, 6) is -0.848. The maximum absolute atomic E-state index is 13.2. The summed E-state index contributed by atoms with van der Waals surface area (Å²) in [6.07, 6.45) is 4.53. The van der Waals surface area contributed by atoms with E-state index in [0.29, 0.717) is 18.1 Å². The Morgan fingerprint density at radius 3 is 3.00 bits per heavy atom. The predicted molar refractivity (Wildman–Crippen MR) is 116 cm³/mol. The van der Waals surface area contributed by atoms with Gasteiger partial charge in [-0.15, -0.1) is 21.5 Å². The van der Waals surface area contributed by atoms with E-state index >= 15 is 0 Å². The zero-order valence-electron chi connectivity index (χ0n) is 16.7. The molecule has 1 aliphatic rings. The van der Waals surface area contributed by atoms with E-state index in [0.717, 1.165) is 28.6 Å². The van der Waals surface area contributed by atoms with Crippen molar-refractivity contribution in [3.63, 3.8) is 0 Å². The molecule has 11 heteroatoms. The lowest BCUT2D eigenvalue weighted by Crippen LogP contribution is -2.46. The monoisotopic (exact) mass is 436 g/mol. The highest BCUT2D eigenvalue weighted by molar-refractivity contribution is 7.16. The molecule has 10 nitrogen and oxygen atoms in total. The first-order chi connectivity index (χ1) is 15.0. The van der Waals surface area contributed by atoms with Gasteiger partial charge in [-0.1, -0.05) is 13.0 Å². The van der Waals surface area contributed by atoms with Crippen molar-refractivity contribution >= 4 is 50.7 Å². The lowest BCUT2D eigenvalue weighted by atomic mass is 9.89. The van der Waals surface area contributed by atoms with Crippen LogP contribution in [0.3, 0.4) is 0 Å². The molecular weight excluding hydrogens is 416 g/mol. The molecule has 1 saturated heterocycles. The zero-order chi connectivity index (χ0) is 21.5. The summed E-state index contributed by atoms with van der Waals surface area (Å²) in [6.45, 7) is 2.59. The van der Waals surface area contributed by atoms with Crippen LogP contribution in [0.15, 0.2) is 36.2 Å². The van der Waals surface area contributed by atoms with Crippen LogP contribution >= 0.6 is 11.3 Å². The third-order valence-electron chi connectivity index (χ3n) is 5.62. The Morgan fingerprint density at radius 1 is 1.26 bits per heavy atom. The molecule has 0 radical (unpaired) electrons. The van der Waals surface area contributed by atoms with Gasteiger partial charge in [0.15, 0.2) is 5.65 Å². The van der Waals surface area contributed by atoms with Crippen molar-refractivity contribution in [2.75, 3.05) is 17.6 Å². The summed E-state index contributed by atoms with van der Waals surface area (Å²) in [6, 6.07) is 5.86. The number of nitrogens with two attached hydrogens (primary N) is 1. The van der Waals surface area contributed by atoms with E-state index in [1.807, 2.05) is 18.2 Å². The molecule has 0 saturated carbocycles. The Labute approximate surface area is 181 Å². The van der Waals surface area contributed by atoms with E-state index in [9.17, 15) is 9.59 Å². The molecule has 0 bridgehead atoms. The summed E-state index contributed by atoms with van der Waals surface area (Å²) < 4.78 is 2.53. The fourth-order valence-electron chi connectivity index (χ4n) is 4.04. The minimum Gasteiger partial charge on any atom is -0.369 e. The lowest BCUT2D eigenvalue weighted by Gasteiger charge is -2.38. The average Bonchev–Trinajstić information content (AvgIpc) is 3.44. The summed E-state index contributed by atoms with van der Waals surface area (Å²) in [5.41, 5.74) is 10.1. The number of hydrogen-bond donors (Lipinski definition) is 2. The van der Waals surface area contributed by atoms with E-state index in [4.69, 9.17) is 5.73 Å². The number of fused-ring (bicyclic) bond motifs is 2. The van der Waals surface area contributed by atoms with Crippen LogP contribution in [-0.2, 0) is 9.59 Å². The molecule has 3 aromatic heterocycles. The van der Waals surface area contributed by atoms with E-state index in [2.05, 4.69) is 32.4 Å². The number of nitrogens with zero attached hydrogens (tertiary/aromatic N) is 6. The Balaban J connectivity index is 1.42. The van der Waals surface area contributed by atoms with Crippen LogP contribution in [-0.4, -0.2) is 47.8 Å². The van der Waals surface area contributed by atoms with Gasteiger partial charge in [-0.05, 0) is 36.5 Å². The molecule has 31 heavy (non-hydrogen) atoms. The van der Waals surface area contributed by atoms with Gasteiger partial charge in [0.1, 0.15) is 12.0 Å². The Bertz CT molecular complexity index is 1300. The molecular formula is C20H20N8O2S. The van der Waals surface area contributed by atoms with E-state index in [1.54, 1.807) is 21.7 Å². The van der Waals surface area contributed by atoms with Crippen molar-refractivity contribution in [2.45, 2.75) is 25.8 Å². The first-order valence-electron chi connectivity index (χ1n) is 9.90. The van der Waals surface area contributed by atoms with Gasteiger partial charge < -0.3 is 16.0 Å². The largest absolute Gasteiger partial charge is 0.369 e. The second kappa shape index (κ2) is 7.58. The number of benzene rings is 1. The SMILES string of the molecule is CC1CCC(c2ccc3scnc3c2)N(C(=O)C(=O)Nc2cnc(N)n3cnnc23)C1. The highest BCUT2D eigenvalue weighted by Crippen LogP contribution is 2.35. The van der Waals surface area contributed by atoms with Gasteiger partial charge in [0.2, 0.25) is 5.95 Å². The summed E-state index contributed by atoms with van der Waals surface area (Å²) >= 11 is 1.58. The van der Waals surface area contributed by atoms with E-state index in [-0.39, 0.29) is 17.7 Å². The van der Waals surface area contributed by atoms with Gasteiger partial charge in [-0.25, -0.2) is 14.4 Å². The number of piperidine rings is 1. The number of aromatic nitrogens is 5. The summed E-state index contributed by atoms with van der Waals surface area (Å²) in [5, 5.41) is 10.4. The van der Waals surface area contributed by atoms with Gasteiger partial charge in [0.25, 0.3) is 0 Å². The second-order valence-electron chi connectivity index (χ2n) is 7.74. The third kappa shape index (κ3) is 3.46. The number of anilines is 2. The molecule has 4 heterocycles. The van der Waals surface area contributed by atoms with Crippen molar-refractivity contribution in [3.05, 3.63) is 41.8 Å². The Morgan fingerprint density at radius 2 is 2.13 bits per heavy atom. The van der Waals surface area contributed by atoms with Crippen LogP contribution in [0.1, 0.15) is 31.4 Å². The summed E-state index contributed by atoms with van der Waals surface area (Å²) in [4.78, 5) is 36.1. The molecule has 158 valence electrons. The van der Waals surface area contributed by atoms with Gasteiger partial charge in [0, 0.05) is 6.54 Å². The smallest absolute Gasteiger partial charge is 0.314 e. The molecule has 0 spiro atoms. The van der Waals surface area contributed by atoms with Crippen molar-refractivity contribution in [2.24, 2.45) is 5.92 Å². The molecule has 4 aromatic rings. The van der Waals surface area contributed by atoms with Crippen molar-refractivity contribution < 1.29 is 9.59 Å². The normalized spacial score (nSPS) is 19.1. The first-order valence-corrected chi connectivity index (χ1v) is 10.8. The number of nitrogen functional groups attached to an aromatic ring is 1. The van der Waals surface area contributed by atoms with Gasteiger partial charge >= 0.3 is 11.8 Å². The first kappa shape index (κ1) is 19.4. The van der Waals surface area contributed by atoms with Crippen LogP contribution < -0.4 is 11.1 Å². The standard InChI is InChI=1S/C20H20N8O2S/c1-11-2-4-15(12-3-5-16-13(6-12)23-10-31-16)27(8-11)19(30)18(29)25-14-7-22-20(21)28-9-24-26-17(14)28/h3,5-7,9-11,15H,2,4,8H2,1H3,(H2,21,22)(H,25,29). The molecule has 2 atom stereocenters. The fourth-order valence-corrected chi connectivity index (χ4v) is 4.70. The van der Waals surface area contributed by atoms with E-state index < -0.39 is 11.8 Å². The highest BCUT2D eigenvalue weighted by atomic mass is 32.1. The van der Waals surface area contributed by atoms with Gasteiger partial charge in [0.05, 0.1) is 28.0 Å². The predicted octanol–water partition coefficient (Wildman–Crippen LogP) is 2.25. The topological polar surface area (TPSA) is 131 Å². The van der Waals surface area contributed by atoms with Crippen LogP contribution in [0.2, 0.25) is 0 Å². The minimum absolute atomic E-state index is 0.182. The van der Waals surface area contributed by atoms with Crippen molar-refractivity contribution in [1.82, 2.24) is 29.5 Å². The molecule has 1 fully saturated rings. The lowest BCUT2D eigenvalue weighted by molar-refractivity contribution is -0.146. The highest BCUT2D eigenvalue weighted by Gasteiger charge is 2.34. The molecule has 2 unspecified atom stereocenters. The van der Waals surface area contributed by atoms with Gasteiger partial charge in [-0.2, -0.15) is 0 Å². The third-order valence-corrected chi connectivity index (χ3v) is 6.43. The van der Waals surface area contributed by atoms with Crippen LogP contribution in [0.4, 0.5) is 11.6 Å². The number of likely N-dealkylation sites (tertiary alicyclic amines) is 1. The molecule has 0 aliphatic carbocycles. The van der Waals surface area contributed by atoms with Crippen molar-refractivity contribution in [3.8, 4) is 0 Å². The molecule has 3 N–H and O–H groups in total.